The summed E-state index contributed by atoms with van der Waals surface area (Å²) in [7, 11) is 0. The van der Waals surface area contributed by atoms with E-state index < -0.39 is 17.3 Å². The normalized spacial score (nSPS) is 28.7. The van der Waals surface area contributed by atoms with E-state index in [1.165, 1.54) is 0 Å². The summed E-state index contributed by atoms with van der Waals surface area (Å²) in [6.07, 6.45) is 3.54. The van der Waals surface area contributed by atoms with Gasteiger partial charge >= 0.3 is 5.97 Å². The Morgan fingerprint density at radius 2 is 1.76 bits per heavy atom. The molecule has 1 saturated carbocycles. The van der Waals surface area contributed by atoms with E-state index in [1.807, 2.05) is 35.2 Å². The number of benzene rings is 1. The minimum atomic E-state index is -0.757. The Morgan fingerprint density at radius 3 is 2.36 bits per heavy atom. The number of ether oxygens (including phenoxy) is 1. The number of carboxylic acids is 1. The molecule has 2 saturated heterocycles. The van der Waals surface area contributed by atoms with E-state index in [0.717, 1.165) is 18.4 Å². The highest BCUT2D eigenvalue weighted by Crippen LogP contribution is 2.46. The van der Waals surface area contributed by atoms with Crippen LogP contribution in [0, 0.1) is 17.8 Å². The number of carbonyl (C=O) groups excluding carboxylic acids is 1. The quantitative estimate of drug-likeness (QED) is 0.911. The van der Waals surface area contributed by atoms with Crippen LogP contribution in [0.5, 0.6) is 0 Å². The molecule has 2 aliphatic heterocycles. The molecule has 1 aromatic rings. The van der Waals surface area contributed by atoms with Gasteiger partial charge in [0.1, 0.15) is 0 Å². The van der Waals surface area contributed by atoms with Gasteiger partial charge in [-0.1, -0.05) is 30.3 Å². The van der Waals surface area contributed by atoms with Crippen LogP contribution < -0.4 is 0 Å². The molecule has 1 aliphatic carbocycles. The van der Waals surface area contributed by atoms with Gasteiger partial charge in [0.25, 0.3) is 0 Å². The highest BCUT2D eigenvalue weighted by Gasteiger charge is 2.51. The van der Waals surface area contributed by atoms with Gasteiger partial charge in [0, 0.05) is 26.3 Å². The van der Waals surface area contributed by atoms with Crippen LogP contribution in [0.25, 0.3) is 0 Å². The van der Waals surface area contributed by atoms with Crippen LogP contribution in [-0.2, 0) is 19.7 Å². The van der Waals surface area contributed by atoms with Crippen molar-refractivity contribution in [3.8, 4) is 0 Å². The molecule has 1 N–H and O–H groups in total. The molecule has 25 heavy (non-hydrogen) atoms. The van der Waals surface area contributed by atoms with Crippen LogP contribution in [-0.4, -0.2) is 48.2 Å². The Kier molecular flexibility index (Phi) is 4.28. The van der Waals surface area contributed by atoms with Crippen molar-refractivity contribution < 1.29 is 19.4 Å². The summed E-state index contributed by atoms with van der Waals surface area (Å²) in [6, 6.07) is 9.94. The second-order valence-corrected chi connectivity index (χ2v) is 7.72. The first-order valence-corrected chi connectivity index (χ1v) is 9.27. The van der Waals surface area contributed by atoms with E-state index >= 15 is 0 Å². The molecule has 134 valence electrons. The van der Waals surface area contributed by atoms with Crippen molar-refractivity contribution in [3.63, 3.8) is 0 Å². The summed E-state index contributed by atoms with van der Waals surface area (Å²) < 4.78 is 5.52. The largest absolute Gasteiger partial charge is 0.481 e. The molecular formula is C20H25NO4. The Hall–Kier alpha value is -1.88. The zero-order valence-corrected chi connectivity index (χ0v) is 14.4. The van der Waals surface area contributed by atoms with Crippen LogP contribution in [0.2, 0.25) is 0 Å². The average molecular weight is 343 g/mol. The number of nitrogens with zero attached hydrogens (tertiary/aromatic N) is 1. The van der Waals surface area contributed by atoms with Gasteiger partial charge < -0.3 is 14.7 Å². The molecular weight excluding hydrogens is 318 g/mol. The molecule has 1 aromatic carbocycles. The number of aliphatic carboxylic acids is 1. The van der Waals surface area contributed by atoms with Crippen LogP contribution in [0.15, 0.2) is 30.3 Å². The van der Waals surface area contributed by atoms with E-state index in [-0.39, 0.29) is 11.8 Å². The lowest BCUT2D eigenvalue weighted by atomic mass is 9.73. The zero-order chi connectivity index (χ0) is 17.4. The highest BCUT2D eigenvalue weighted by molar-refractivity contribution is 5.89. The maximum Gasteiger partial charge on any atom is 0.308 e. The van der Waals surface area contributed by atoms with Crippen LogP contribution >= 0.6 is 0 Å². The van der Waals surface area contributed by atoms with Crippen LogP contribution in [0.1, 0.15) is 31.2 Å². The number of amides is 1. The van der Waals surface area contributed by atoms with E-state index in [0.29, 0.717) is 45.1 Å². The van der Waals surface area contributed by atoms with Crippen molar-refractivity contribution in [3.05, 3.63) is 35.9 Å². The predicted octanol–water partition coefficient (Wildman–Crippen LogP) is 2.30. The maximum absolute atomic E-state index is 13.6. The third-order valence-corrected chi connectivity index (χ3v) is 6.28. The summed E-state index contributed by atoms with van der Waals surface area (Å²) in [6.45, 7) is 2.09. The fraction of sp³-hybridized carbons (Fsp3) is 0.600. The molecule has 5 nitrogen and oxygen atoms in total. The fourth-order valence-corrected chi connectivity index (χ4v) is 4.66. The van der Waals surface area contributed by atoms with Gasteiger partial charge in [-0.15, -0.1) is 0 Å². The van der Waals surface area contributed by atoms with Crippen molar-refractivity contribution in [1.29, 1.82) is 0 Å². The summed E-state index contributed by atoms with van der Waals surface area (Å²) in [5.74, 6) is -0.469. The SMILES string of the molecule is O=C(O)[C@H]1CN(C(=O)C2(c3ccccc3)CCOCC2)C[C@@H]1C1CC1. The molecule has 3 fully saturated rings. The zero-order valence-electron chi connectivity index (χ0n) is 14.4. The van der Waals surface area contributed by atoms with Gasteiger partial charge in [-0.3, -0.25) is 9.59 Å². The fourth-order valence-electron chi connectivity index (χ4n) is 4.66. The van der Waals surface area contributed by atoms with Crippen LogP contribution in [0.4, 0.5) is 0 Å². The van der Waals surface area contributed by atoms with Gasteiger partial charge in [-0.2, -0.15) is 0 Å². The Labute approximate surface area is 148 Å². The van der Waals surface area contributed by atoms with E-state index in [9.17, 15) is 14.7 Å². The Balaban J connectivity index is 1.62. The number of hydrogen-bond acceptors (Lipinski definition) is 3. The van der Waals surface area contributed by atoms with E-state index in [1.54, 1.807) is 0 Å². The molecule has 4 rings (SSSR count). The lowest BCUT2D eigenvalue weighted by Crippen LogP contribution is -2.49. The first-order valence-electron chi connectivity index (χ1n) is 9.27. The number of hydrogen-bond donors (Lipinski definition) is 1. The smallest absolute Gasteiger partial charge is 0.308 e. The van der Waals surface area contributed by atoms with Crippen LogP contribution in [0.3, 0.4) is 0 Å². The maximum atomic E-state index is 13.6. The summed E-state index contributed by atoms with van der Waals surface area (Å²) in [5, 5.41) is 9.59. The monoisotopic (exact) mass is 343 g/mol. The Morgan fingerprint density at radius 1 is 1.08 bits per heavy atom. The second kappa shape index (κ2) is 6.45. The molecule has 5 heteroatoms. The van der Waals surface area contributed by atoms with Gasteiger partial charge in [-0.05, 0) is 43.1 Å². The van der Waals surface area contributed by atoms with Gasteiger partial charge in [0.15, 0.2) is 0 Å². The number of carbonyl (C=O) groups is 2. The third kappa shape index (κ3) is 2.95. The second-order valence-electron chi connectivity index (χ2n) is 7.72. The summed E-state index contributed by atoms with van der Waals surface area (Å²) in [4.78, 5) is 27.1. The average Bonchev–Trinajstić information content (AvgIpc) is 3.40. The molecule has 0 aromatic heterocycles. The highest BCUT2D eigenvalue weighted by atomic mass is 16.5. The van der Waals surface area contributed by atoms with Crippen molar-refractivity contribution in [2.75, 3.05) is 26.3 Å². The molecule has 0 radical (unpaired) electrons. The lowest BCUT2D eigenvalue weighted by Gasteiger charge is -2.39. The van der Waals surface area contributed by atoms with Crippen molar-refractivity contribution in [1.82, 2.24) is 4.90 Å². The summed E-state index contributed by atoms with van der Waals surface area (Å²) in [5.41, 5.74) is 0.464. The van der Waals surface area contributed by atoms with Crippen molar-refractivity contribution in [2.45, 2.75) is 31.1 Å². The topological polar surface area (TPSA) is 66.8 Å². The Bertz CT molecular complexity index is 649. The van der Waals surface area contributed by atoms with E-state index in [4.69, 9.17) is 4.74 Å². The predicted molar refractivity (Wildman–Crippen MR) is 92.1 cm³/mol. The summed E-state index contributed by atoms with van der Waals surface area (Å²) >= 11 is 0. The standard InChI is InChI=1S/C20H25NO4/c22-18(23)17-13-21(12-16(17)14-6-7-14)19(24)20(8-10-25-11-9-20)15-4-2-1-3-5-15/h1-5,14,16-17H,6-13H2,(H,22,23)/t16-,17+/m1/s1. The van der Waals surface area contributed by atoms with Crippen molar-refractivity contribution in [2.24, 2.45) is 17.8 Å². The van der Waals surface area contributed by atoms with Gasteiger partial charge in [-0.25, -0.2) is 0 Å². The third-order valence-electron chi connectivity index (χ3n) is 6.28. The minimum Gasteiger partial charge on any atom is -0.481 e. The number of likely N-dealkylation sites (tertiary alicyclic amines) is 1. The molecule has 2 atom stereocenters. The lowest BCUT2D eigenvalue weighted by molar-refractivity contribution is -0.143. The van der Waals surface area contributed by atoms with Gasteiger partial charge in [0.05, 0.1) is 11.3 Å². The molecule has 0 bridgehead atoms. The molecule has 0 spiro atoms. The van der Waals surface area contributed by atoms with E-state index in [2.05, 4.69) is 0 Å². The number of carboxylic acid groups (broad SMARTS) is 1. The van der Waals surface area contributed by atoms with Gasteiger partial charge in [0.2, 0.25) is 5.91 Å². The first-order chi connectivity index (χ1) is 12.1. The molecule has 0 unspecified atom stereocenters. The minimum absolute atomic E-state index is 0.0939. The molecule has 3 aliphatic rings. The molecule has 2 heterocycles. The van der Waals surface area contributed by atoms with Crippen molar-refractivity contribution >= 4 is 11.9 Å². The number of rotatable bonds is 4. The first kappa shape index (κ1) is 16.6. The molecule has 1 amide bonds.